The van der Waals surface area contributed by atoms with Crippen molar-refractivity contribution in [3.63, 3.8) is 0 Å². The fourth-order valence-electron chi connectivity index (χ4n) is 2.54. The van der Waals surface area contributed by atoms with Gasteiger partial charge in [-0.2, -0.15) is 0 Å². The SMILES string of the molecule is O=C(c1occc1Br)N1CCNCC1c1cccc(Cl)c1. The lowest BCUT2D eigenvalue weighted by molar-refractivity contribution is 0.0600. The minimum atomic E-state index is -0.113. The molecule has 1 N–H and O–H groups in total. The minimum absolute atomic E-state index is 0.0538. The molecule has 1 fully saturated rings. The van der Waals surface area contributed by atoms with Gasteiger partial charge in [0.1, 0.15) is 0 Å². The molecule has 1 aliphatic heterocycles. The normalized spacial score (nSPS) is 18.8. The highest BCUT2D eigenvalue weighted by atomic mass is 79.9. The van der Waals surface area contributed by atoms with Crippen molar-refractivity contribution in [2.45, 2.75) is 6.04 Å². The topological polar surface area (TPSA) is 45.5 Å². The fourth-order valence-corrected chi connectivity index (χ4v) is 3.11. The van der Waals surface area contributed by atoms with Crippen LogP contribution in [0.15, 0.2) is 45.5 Å². The summed E-state index contributed by atoms with van der Waals surface area (Å²) in [6.07, 6.45) is 1.51. The van der Waals surface area contributed by atoms with Crippen molar-refractivity contribution in [2.24, 2.45) is 0 Å². The molecule has 21 heavy (non-hydrogen) atoms. The van der Waals surface area contributed by atoms with E-state index < -0.39 is 0 Å². The molecule has 0 bridgehead atoms. The van der Waals surface area contributed by atoms with Crippen molar-refractivity contribution in [3.05, 3.63) is 57.4 Å². The molecule has 1 amide bonds. The Morgan fingerprint density at radius 1 is 1.43 bits per heavy atom. The molecule has 0 aliphatic carbocycles. The first-order valence-electron chi connectivity index (χ1n) is 6.67. The highest BCUT2D eigenvalue weighted by molar-refractivity contribution is 9.10. The second kappa shape index (κ2) is 6.22. The summed E-state index contributed by atoms with van der Waals surface area (Å²) in [5.74, 6) is 0.224. The lowest BCUT2D eigenvalue weighted by atomic mass is 10.0. The van der Waals surface area contributed by atoms with E-state index in [0.717, 1.165) is 12.1 Å². The zero-order chi connectivity index (χ0) is 14.8. The maximum Gasteiger partial charge on any atom is 0.291 e. The Bertz CT molecular complexity index is 659. The second-order valence-electron chi connectivity index (χ2n) is 4.87. The maximum atomic E-state index is 12.7. The fraction of sp³-hybridized carbons (Fsp3) is 0.267. The second-order valence-corrected chi connectivity index (χ2v) is 6.16. The molecule has 3 rings (SSSR count). The molecule has 1 atom stereocenters. The zero-order valence-electron chi connectivity index (χ0n) is 11.2. The summed E-state index contributed by atoms with van der Waals surface area (Å²) in [4.78, 5) is 14.5. The standard InChI is InChI=1S/C15H14BrClN2O2/c16-12-4-7-21-14(12)15(20)19-6-5-18-9-13(19)10-2-1-3-11(17)8-10/h1-4,7-8,13,18H,5-6,9H2. The summed E-state index contributed by atoms with van der Waals surface area (Å²) in [6, 6.07) is 9.29. The van der Waals surface area contributed by atoms with E-state index in [-0.39, 0.29) is 11.9 Å². The van der Waals surface area contributed by atoms with Crippen LogP contribution in [0.3, 0.4) is 0 Å². The first kappa shape index (κ1) is 14.6. The first-order chi connectivity index (χ1) is 10.2. The number of halogens is 2. The number of piperazine rings is 1. The third kappa shape index (κ3) is 3.00. The van der Waals surface area contributed by atoms with Gasteiger partial charge in [-0.05, 0) is 39.7 Å². The molecule has 0 radical (unpaired) electrons. The van der Waals surface area contributed by atoms with Gasteiger partial charge in [-0.3, -0.25) is 4.79 Å². The van der Waals surface area contributed by atoms with Gasteiger partial charge >= 0.3 is 0 Å². The van der Waals surface area contributed by atoms with Gasteiger partial charge in [-0.15, -0.1) is 0 Å². The summed E-state index contributed by atoms with van der Waals surface area (Å²) in [5.41, 5.74) is 1.02. The van der Waals surface area contributed by atoms with Crippen LogP contribution in [0.5, 0.6) is 0 Å². The van der Waals surface area contributed by atoms with Crippen LogP contribution < -0.4 is 5.32 Å². The van der Waals surface area contributed by atoms with Crippen molar-refractivity contribution in [2.75, 3.05) is 19.6 Å². The molecule has 2 aromatic rings. The van der Waals surface area contributed by atoms with Crippen LogP contribution in [-0.4, -0.2) is 30.4 Å². The number of furan rings is 1. The summed E-state index contributed by atoms with van der Waals surface area (Å²) in [6.45, 7) is 2.09. The van der Waals surface area contributed by atoms with E-state index in [0.29, 0.717) is 28.3 Å². The highest BCUT2D eigenvalue weighted by Crippen LogP contribution is 2.28. The van der Waals surface area contributed by atoms with E-state index in [1.807, 2.05) is 29.2 Å². The summed E-state index contributed by atoms with van der Waals surface area (Å²) >= 11 is 9.41. The highest BCUT2D eigenvalue weighted by Gasteiger charge is 2.31. The van der Waals surface area contributed by atoms with Gasteiger partial charge in [0.15, 0.2) is 0 Å². The molecule has 1 unspecified atom stereocenters. The molecule has 1 aliphatic rings. The first-order valence-corrected chi connectivity index (χ1v) is 7.84. The smallest absolute Gasteiger partial charge is 0.291 e. The van der Waals surface area contributed by atoms with E-state index in [4.69, 9.17) is 16.0 Å². The number of nitrogens with one attached hydrogen (secondary N) is 1. The molecule has 110 valence electrons. The van der Waals surface area contributed by atoms with Crippen molar-refractivity contribution in [3.8, 4) is 0 Å². The number of nitrogens with zero attached hydrogens (tertiary/aromatic N) is 1. The van der Waals surface area contributed by atoms with Gasteiger partial charge < -0.3 is 14.6 Å². The van der Waals surface area contributed by atoms with Crippen LogP contribution in [0, 0.1) is 0 Å². The number of amides is 1. The number of carbonyl (C=O) groups is 1. The van der Waals surface area contributed by atoms with Crippen LogP contribution in [0.1, 0.15) is 22.2 Å². The van der Waals surface area contributed by atoms with Crippen molar-refractivity contribution >= 4 is 33.4 Å². The third-order valence-electron chi connectivity index (χ3n) is 3.55. The number of hydrogen-bond acceptors (Lipinski definition) is 3. The molecule has 0 saturated carbocycles. The Balaban J connectivity index is 1.92. The van der Waals surface area contributed by atoms with Crippen LogP contribution in [-0.2, 0) is 0 Å². The third-order valence-corrected chi connectivity index (χ3v) is 4.41. The Morgan fingerprint density at radius 2 is 2.29 bits per heavy atom. The summed E-state index contributed by atoms with van der Waals surface area (Å²) < 4.78 is 5.98. The van der Waals surface area contributed by atoms with E-state index in [1.165, 1.54) is 6.26 Å². The Kier molecular flexibility index (Phi) is 4.33. The quantitative estimate of drug-likeness (QED) is 0.881. The van der Waals surface area contributed by atoms with Gasteiger partial charge in [-0.25, -0.2) is 0 Å². The van der Waals surface area contributed by atoms with Crippen molar-refractivity contribution < 1.29 is 9.21 Å². The predicted octanol–water partition coefficient (Wildman–Crippen LogP) is 3.48. The van der Waals surface area contributed by atoms with Crippen molar-refractivity contribution in [1.82, 2.24) is 10.2 Å². The maximum absolute atomic E-state index is 12.7. The van der Waals surface area contributed by atoms with Gasteiger partial charge in [0, 0.05) is 24.7 Å². The Morgan fingerprint density at radius 3 is 3.00 bits per heavy atom. The van der Waals surface area contributed by atoms with E-state index in [9.17, 15) is 4.79 Å². The van der Waals surface area contributed by atoms with Gasteiger partial charge in [0.25, 0.3) is 5.91 Å². The lowest BCUT2D eigenvalue weighted by Gasteiger charge is -2.36. The lowest BCUT2D eigenvalue weighted by Crippen LogP contribution is -2.48. The largest absolute Gasteiger partial charge is 0.458 e. The van der Waals surface area contributed by atoms with Crippen LogP contribution >= 0.6 is 27.5 Å². The Labute approximate surface area is 136 Å². The predicted molar refractivity (Wildman–Crippen MR) is 84.5 cm³/mol. The monoisotopic (exact) mass is 368 g/mol. The van der Waals surface area contributed by atoms with E-state index >= 15 is 0 Å². The van der Waals surface area contributed by atoms with Gasteiger partial charge in [0.2, 0.25) is 5.76 Å². The average molecular weight is 370 g/mol. The van der Waals surface area contributed by atoms with Gasteiger partial charge in [-0.1, -0.05) is 23.7 Å². The van der Waals surface area contributed by atoms with Crippen LogP contribution in [0.25, 0.3) is 0 Å². The molecule has 1 aromatic heterocycles. The average Bonchev–Trinajstić information content (AvgIpc) is 2.93. The summed E-state index contributed by atoms with van der Waals surface area (Å²) in [5, 5.41) is 3.99. The van der Waals surface area contributed by atoms with E-state index in [2.05, 4.69) is 21.2 Å². The summed E-state index contributed by atoms with van der Waals surface area (Å²) in [7, 11) is 0. The zero-order valence-corrected chi connectivity index (χ0v) is 13.5. The minimum Gasteiger partial charge on any atom is -0.458 e. The van der Waals surface area contributed by atoms with Gasteiger partial charge in [0.05, 0.1) is 16.8 Å². The van der Waals surface area contributed by atoms with Crippen LogP contribution in [0.2, 0.25) is 5.02 Å². The van der Waals surface area contributed by atoms with E-state index in [1.54, 1.807) is 6.07 Å². The Hall–Kier alpha value is -1.30. The molecule has 0 spiro atoms. The molecule has 1 aromatic carbocycles. The molecular formula is C15H14BrClN2O2. The number of benzene rings is 1. The van der Waals surface area contributed by atoms with Crippen molar-refractivity contribution in [1.29, 1.82) is 0 Å². The molecular weight excluding hydrogens is 356 g/mol. The number of hydrogen-bond donors (Lipinski definition) is 1. The molecule has 2 heterocycles. The van der Waals surface area contributed by atoms with Crippen LogP contribution in [0.4, 0.5) is 0 Å². The number of rotatable bonds is 2. The number of carbonyl (C=O) groups excluding carboxylic acids is 1. The molecule has 6 heteroatoms. The molecule has 1 saturated heterocycles. The molecule has 4 nitrogen and oxygen atoms in total.